The summed E-state index contributed by atoms with van der Waals surface area (Å²) in [6.45, 7) is 0.00924. The standard InChI is InChI=1S/C16H21N3O6/c1-19-14(5-6-17-19)18-12-7-11(24-9-21-2)8-13(25-10-22-3)15(12)16(20)23-4/h5-8,18H,9-10H2,1-4H3. The fourth-order valence-electron chi connectivity index (χ4n) is 2.08. The summed E-state index contributed by atoms with van der Waals surface area (Å²) in [5.74, 6) is 0.818. The first-order valence-corrected chi connectivity index (χ1v) is 7.35. The summed E-state index contributed by atoms with van der Waals surface area (Å²) in [6.07, 6.45) is 1.63. The van der Waals surface area contributed by atoms with E-state index in [-0.39, 0.29) is 24.9 Å². The van der Waals surface area contributed by atoms with E-state index in [0.29, 0.717) is 17.3 Å². The molecule has 0 aliphatic heterocycles. The molecule has 1 N–H and O–H groups in total. The van der Waals surface area contributed by atoms with Crippen molar-refractivity contribution in [2.24, 2.45) is 7.05 Å². The lowest BCUT2D eigenvalue weighted by atomic mass is 10.1. The van der Waals surface area contributed by atoms with Crippen LogP contribution >= 0.6 is 0 Å². The van der Waals surface area contributed by atoms with Crippen LogP contribution in [0, 0.1) is 0 Å². The zero-order chi connectivity index (χ0) is 18.2. The Morgan fingerprint density at radius 2 is 1.88 bits per heavy atom. The van der Waals surface area contributed by atoms with Crippen molar-refractivity contribution >= 4 is 17.5 Å². The molecule has 1 heterocycles. The number of anilines is 2. The SMILES string of the molecule is COCOc1cc(Nc2ccnn2C)c(C(=O)OC)c(OCOC)c1. The zero-order valence-electron chi connectivity index (χ0n) is 14.6. The molecule has 0 unspecified atom stereocenters. The van der Waals surface area contributed by atoms with Crippen molar-refractivity contribution in [1.82, 2.24) is 9.78 Å². The van der Waals surface area contributed by atoms with E-state index >= 15 is 0 Å². The van der Waals surface area contributed by atoms with E-state index in [1.165, 1.54) is 21.3 Å². The number of hydrogen-bond donors (Lipinski definition) is 1. The van der Waals surface area contributed by atoms with Crippen LogP contribution in [0.2, 0.25) is 0 Å². The number of ether oxygens (including phenoxy) is 5. The number of nitrogens with zero attached hydrogens (tertiary/aromatic N) is 2. The first-order chi connectivity index (χ1) is 12.1. The molecule has 0 saturated heterocycles. The average molecular weight is 351 g/mol. The van der Waals surface area contributed by atoms with Gasteiger partial charge in [0.15, 0.2) is 13.6 Å². The number of nitrogens with one attached hydrogen (secondary N) is 1. The molecule has 0 radical (unpaired) electrons. The molecule has 0 aliphatic carbocycles. The van der Waals surface area contributed by atoms with Crippen LogP contribution in [0.15, 0.2) is 24.4 Å². The molecule has 0 saturated carbocycles. The lowest BCUT2D eigenvalue weighted by Crippen LogP contribution is -2.12. The molecule has 0 fully saturated rings. The molecule has 0 amide bonds. The topological polar surface area (TPSA) is 93.1 Å². The summed E-state index contributed by atoms with van der Waals surface area (Å²) in [5.41, 5.74) is 0.653. The average Bonchev–Trinajstić information content (AvgIpc) is 3.02. The Morgan fingerprint density at radius 3 is 2.48 bits per heavy atom. The quantitative estimate of drug-likeness (QED) is 0.541. The minimum absolute atomic E-state index is 0.0388. The molecule has 0 bridgehead atoms. The summed E-state index contributed by atoms with van der Waals surface area (Å²) in [6, 6.07) is 4.98. The summed E-state index contributed by atoms with van der Waals surface area (Å²) in [7, 11) is 6.07. The van der Waals surface area contributed by atoms with E-state index < -0.39 is 5.97 Å². The maximum Gasteiger partial charge on any atom is 0.343 e. The molecule has 9 nitrogen and oxygen atoms in total. The molecule has 0 spiro atoms. The zero-order valence-corrected chi connectivity index (χ0v) is 14.6. The van der Waals surface area contributed by atoms with Crippen molar-refractivity contribution in [3.05, 3.63) is 30.0 Å². The fraction of sp³-hybridized carbons (Fsp3) is 0.375. The van der Waals surface area contributed by atoms with Gasteiger partial charge in [0.1, 0.15) is 22.9 Å². The van der Waals surface area contributed by atoms with Gasteiger partial charge in [0.2, 0.25) is 0 Å². The second kappa shape index (κ2) is 8.90. The first kappa shape index (κ1) is 18.6. The molecule has 9 heteroatoms. The van der Waals surface area contributed by atoms with Crippen molar-refractivity contribution < 1.29 is 28.5 Å². The molecule has 2 rings (SSSR count). The van der Waals surface area contributed by atoms with Crippen LogP contribution in [0.5, 0.6) is 11.5 Å². The van der Waals surface area contributed by atoms with Gasteiger partial charge in [0.25, 0.3) is 0 Å². The Balaban J connectivity index is 2.49. The van der Waals surface area contributed by atoms with Gasteiger partial charge in [-0.1, -0.05) is 0 Å². The number of carbonyl (C=O) groups excluding carboxylic acids is 1. The monoisotopic (exact) mass is 351 g/mol. The maximum absolute atomic E-state index is 12.3. The van der Waals surface area contributed by atoms with Crippen LogP contribution in [-0.2, 0) is 21.3 Å². The number of hydrogen-bond acceptors (Lipinski definition) is 8. The molecular formula is C16H21N3O6. The first-order valence-electron chi connectivity index (χ1n) is 7.35. The van der Waals surface area contributed by atoms with Crippen molar-refractivity contribution in [3.8, 4) is 11.5 Å². The Morgan fingerprint density at radius 1 is 1.16 bits per heavy atom. The van der Waals surface area contributed by atoms with Gasteiger partial charge in [0, 0.05) is 39.5 Å². The van der Waals surface area contributed by atoms with Crippen LogP contribution in [-0.4, -0.2) is 50.7 Å². The largest absolute Gasteiger partial charge is 0.467 e. The van der Waals surface area contributed by atoms with Crippen molar-refractivity contribution in [3.63, 3.8) is 0 Å². The van der Waals surface area contributed by atoms with E-state index in [1.54, 1.807) is 36.1 Å². The summed E-state index contributed by atoms with van der Waals surface area (Å²) in [4.78, 5) is 12.3. The van der Waals surface area contributed by atoms with Crippen molar-refractivity contribution in [2.75, 3.05) is 40.2 Å². The second-order valence-corrected chi connectivity index (χ2v) is 4.90. The fourth-order valence-corrected chi connectivity index (χ4v) is 2.08. The normalized spacial score (nSPS) is 10.4. The van der Waals surface area contributed by atoms with E-state index in [1.807, 2.05) is 0 Å². The Kier molecular flexibility index (Phi) is 6.61. The van der Waals surface area contributed by atoms with Gasteiger partial charge in [-0.25, -0.2) is 4.79 Å². The predicted octanol–water partition coefficient (Wildman–Crippen LogP) is 1.92. The summed E-state index contributed by atoms with van der Waals surface area (Å²) < 4.78 is 27.3. The highest BCUT2D eigenvalue weighted by atomic mass is 16.7. The van der Waals surface area contributed by atoms with E-state index in [0.717, 1.165) is 0 Å². The third kappa shape index (κ3) is 4.61. The van der Waals surface area contributed by atoms with Crippen LogP contribution in [0.1, 0.15) is 10.4 Å². The Labute approximate surface area is 145 Å². The predicted molar refractivity (Wildman–Crippen MR) is 89.3 cm³/mol. The summed E-state index contributed by atoms with van der Waals surface area (Å²) in [5, 5.41) is 7.21. The number of aromatic nitrogens is 2. The van der Waals surface area contributed by atoms with Gasteiger partial charge in [-0.2, -0.15) is 5.10 Å². The van der Waals surface area contributed by atoms with Gasteiger partial charge in [0.05, 0.1) is 19.0 Å². The minimum Gasteiger partial charge on any atom is -0.467 e. The van der Waals surface area contributed by atoms with Crippen molar-refractivity contribution in [1.29, 1.82) is 0 Å². The Hall–Kier alpha value is -2.78. The van der Waals surface area contributed by atoms with E-state index in [9.17, 15) is 4.79 Å². The number of rotatable bonds is 9. The van der Waals surface area contributed by atoms with Gasteiger partial charge in [-0.3, -0.25) is 4.68 Å². The molecule has 1 aromatic heterocycles. The van der Waals surface area contributed by atoms with Gasteiger partial charge in [-0.15, -0.1) is 0 Å². The van der Waals surface area contributed by atoms with Gasteiger partial charge in [-0.05, 0) is 0 Å². The maximum atomic E-state index is 12.3. The van der Waals surface area contributed by atoms with Crippen LogP contribution in [0.25, 0.3) is 0 Å². The van der Waals surface area contributed by atoms with Crippen LogP contribution < -0.4 is 14.8 Å². The lowest BCUT2D eigenvalue weighted by molar-refractivity contribution is 0.0436. The van der Waals surface area contributed by atoms with Crippen molar-refractivity contribution in [2.45, 2.75) is 0 Å². The van der Waals surface area contributed by atoms with E-state index in [2.05, 4.69) is 10.4 Å². The molecule has 136 valence electrons. The number of carbonyl (C=O) groups is 1. The molecule has 2 aromatic rings. The molecular weight excluding hydrogens is 330 g/mol. The minimum atomic E-state index is -0.561. The second-order valence-electron chi connectivity index (χ2n) is 4.90. The smallest absolute Gasteiger partial charge is 0.343 e. The van der Waals surface area contributed by atoms with Crippen LogP contribution in [0.3, 0.4) is 0 Å². The number of methoxy groups -OCH3 is 3. The Bertz CT molecular complexity index is 716. The van der Waals surface area contributed by atoms with E-state index in [4.69, 9.17) is 23.7 Å². The highest BCUT2D eigenvalue weighted by Crippen LogP contribution is 2.35. The number of aryl methyl sites for hydroxylation is 1. The molecule has 0 aliphatic rings. The summed E-state index contributed by atoms with van der Waals surface area (Å²) >= 11 is 0. The third-order valence-electron chi connectivity index (χ3n) is 3.22. The number of benzene rings is 1. The molecule has 25 heavy (non-hydrogen) atoms. The molecule has 0 atom stereocenters. The number of esters is 1. The highest BCUT2D eigenvalue weighted by Gasteiger charge is 2.22. The third-order valence-corrected chi connectivity index (χ3v) is 3.22. The lowest BCUT2D eigenvalue weighted by Gasteiger charge is -2.17. The van der Waals surface area contributed by atoms with Gasteiger partial charge >= 0.3 is 5.97 Å². The molecule has 1 aromatic carbocycles. The van der Waals surface area contributed by atoms with Gasteiger partial charge < -0.3 is 29.0 Å². The highest BCUT2D eigenvalue weighted by molar-refractivity contribution is 5.99. The van der Waals surface area contributed by atoms with Crippen LogP contribution in [0.4, 0.5) is 11.5 Å².